The predicted molar refractivity (Wildman–Crippen MR) is 145 cm³/mol. The number of aliphatic hydroxyl groups excluding tert-OH is 2. The zero-order valence-electron chi connectivity index (χ0n) is 23.6. The van der Waals surface area contributed by atoms with Gasteiger partial charge in [0.1, 0.15) is 30.7 Å². The molecule has 0 aromatic carbocycles. The molecule has 0 aliphatic carbocycles. The first-order valence-corrected chi connectivity index (χ1v) is 15.0. The fraction of sp³-hybridized carbons (Fsp3) is 0.739. The Bertz CT molecular complexity index is 1140. The molecule has 5 N–H and O–H groups in total. The van der Waals surface area contributed by atoms with Gasteiger partial charge in [-0.1, -0.05) is 32.5 Å². The van der Waals surface area contributed by atoms with Crippen LogP contribution in [-0.4, -0.2) is 87.1 Å². The quantitative estimate of drug-likeness (QED) is 0.138. The van der Waals surface area contributed by atoms with Crippen molar-refractivity contribution in [1.29, 1.82) is 0 Å². The third-order valence-corrected chi connectivity index (χ3v) is 8.48. The Labute approximate surface area is 236 Å². The molecule has 0 amide bonds. The van der Waals surface area contributed by atoms with Crippen molar-refractivity contribution in [2.45, 2.75) is 77.9 Å². The van der Waals surface area contributed by atoms with E-state index in [0.717, 1.165) is 23.4 Å². The summed E-state index contributed by atoms with van der Waals surface area (Å²) < 4.78 is 41.8. The average Bonchev–Trinajstić information content (AvgIpc) is 3.10. The number of nitrogens with two attached hydrogens (primary N) is 1. The number of anilines is 1. The van der Waals surface area contributed by atoms with Crippen molar-refractivity contribution in [2.75, 3.05) is 31.8 Å². The molecular weight excluding hydrogens is 571 g/mol. The van der Waals surface area contributed by atoms with Crippen LogP contribution in [0, 0.1) is 5.41 Å². The van der Waals surface area contributed by atoms with Gasteiger partial charge in [-0.2, -0.15) is 4.98 Å². The van der Waals surface area contributed by atoms with Crippen LogP contribution in [0.5, 0.6) is 0 Å². The van der Waals surface area contributed by atoms with E-state index in [1.807, 2.05) is 0 Å². The number of hydrogen-bond acceptors (Lipinski definition) is 14. The van der Waals surface area contributed by atoms with Crippen LogP contribution < -0.4 is 16.5 Å². The van der Waals surface area contributed by atoms with Gasteiger partial charge in [-0.25, -0.2) is 14.4 Å². The zero-order chi connectivity index (χ0) is 30.5. The Balaban J connectivity index is 2.23. The second-order valence-corrected chi connectivity index (χ2v) is 13.2. The molecule has 40 heavy (non-hydrogen) atoms. The lowest BCUT2D eigenvalue weighted by molar-refractivity contribution is -0.267. The SMILES string of the molecule is CO[C@]1(COP(=O)(N[C@H](C)C(=O)OC(C)C)OCCSC(=O)C(C)(C)C)O[C@@H](n2ccc(N)nc2=O)[C@H](O)[C@@H]1O. The van der Waals surface area contributed by atoms with E-state index in [2.05, 4.69) is 10.1 Å². The number of aliphatic hydroxyl groups is 2. The molecule has 1 unspecified atom stereocenters. The summed E-state index contributed by atoms with van der Waals surface area (Å²) in [6, 6.07) is 0.141. The van der Waals surface area contributed by atoms with Crippen molar-refractivity contribution in [3.05, 3.63) is 22.7 Å². The summed E-state index contributed by atoms with van der Waals surface area (Å²) in [6.45, 7) is 8.95. The monoisotopic (exact) mass is 610 g/mol. The van der Waals surface area contributed by atoms with Crippen LogP contribution in [-0.2, 0) is 37.4 Å². The van der Waals surface area contributed by atoms with E-state index in [1.165, 1.54) is 19.2 Å². The minimum absolute atomic E-state index is 0.0627. The van der Waals surface area contributed by atoms with Gasteiger partial charge in [0.2, 0.25) is 5.79 Å². The van der Waals surface area contributed by atoms with Crippen LogP contribution in [0.25, 0.3) is 0 Å². The van der Waals surface area contributed by atoms with Gasteiger partial charge in [-0.3, -0.25) is 23.2 Å². The van der Waals surface area contributed by atoms with Crippen molar-refractivity contribution in [3.63, 3.8) is 0 Å². The minimum atomic E-state index is -4.36. The van der Waals surface area contributed by atoms with Crippen LogP contribution in [0.2, 0.25) is 0 Å². The highest BCUT2D eigenvalue weighted by molar-refractivity contribution is 8.13. The van der Waals surface area contributed by atoms with Gasteiger partial charge in [0.25, 0.3) is 0 Å². The largest absolute Gasteiger partial charge is 0.462 e. The molecule has 0 spiro atoms. The third-order valence-electron chi connectivity index (χ3n) is 5.54. The van der Waals surface area contributed by atoms with E-state index in [9.17, 15) is 29.2 Å². The molecule has 17 heteroatoms. The summed E-state index contributed by atoms with van der Waals surface area (Å²) in [6.07, 6.45) is -4.18. The maximum atomic E-state index is 13.7. The first-order valence-electron chi connectivity index (χ1n) is 12.4. The minimum Gasteiger partial charge on any atom is -0.462 e. The molecule has 1 aliphatic heterocycles. The molecule has 6 atom stereocenters. The van der Waals surface area contributed by atoms with Crippen molar-refractivity contribution < 1.29 is 47.6 Å². The molecule has 15 nitrogen and oxygen atoms in total. The lowest BCUT2D eigenvalue weighted by atomic mass is 10.00. The molecular formula is C23H39N4O11PS. The number of rotatable bonds is 13. The maximum Gasteiger partial charge on any atom is 0.406 e. The van der Waals surface area contributed by atoms with Crippen molar-refractivity contribution in [3.8, 4) is 0 Å². The smallest absolute Gasteiger partial charge is 0.406 e. The van der Waals surface area contributed by atoms with E-state index >= 15 is 0 Å². The van der Waals surface area contributed by atoms with Gasteiger partial charge in [-0.05, 0) is 26.8 Å². The van der Waals surface area contributed by atoms with Crippen molar-refractivity contribution >= 4 is 36.4 Å². The standard InChI is InChI=1S/C23H39N4O11PS/c1-13(2)37-19(30)14(3)26-39(33,35-10-11-40-20(31)22(4,5)6)36-12-23(34-7)17(29)16(28)18(38-23)27-9-8-15(24)25-21(27)32/h8-9,13-14,16-18,28-29H,10-12H2,1-7H3,(H,26,33)(H2,24,25,32)/t14-,16-,17+,18-,23-,39?/m1/s1. The summed E-state index contributed by atoms with van der Waals surface area (Å²) in [5.74, 6) is -2.79. The van der Waals surface area contributed by atoms with E-state index < -0.39 is 67.8 Å². The summed E-state index contributed by atoms with van der Waals surface area (Å²) in [5.41, 5.74) is 4.05. The average molecular weight is 611 g/mol. The zero-order valence-corrected chi connectivity index (χ0v) is 25.3. The number of carbonyl (C=O) groups is 2. The van der Waals surface area contributed by atoms with Gasteiger partial charge in [0.15, 0.2) is 11.3 Å². The van der Waals surface area contributed by atoms with Gasteiger partial charge >= 0.3 is 19.4 Å². The van der Waals surface area contributed by atoms with E-state index in [1.54, 1.807) is 34.6 Å². The molecule has 1 aromatic heterocycles. The van der Waals surface area contributed by atoms with Crippen LogP contribution in [0.15, 0.2) is 17.1 Å². The molecule has 0 saturated carbocycles. The fourth-order valence-electron chi connectivity index (χ4n) is 3.37. The van der Waals surface area contributed by atoms with Gasteiger partial charge in [0, 0.05) is 24.5 Å². The predicted octanol–water partition coefficient (Wildman–Crippen LogP) is 0.796. The highest BCUT2D eigenvalue weighted by atomic mass is 32.2. The number of carbonyl (C=O) groups excluding carboxylic acids is 2. The summed E-state index contributed by atoms with van der Waals surface area (Å²) in [4.78, 5) is 40.4. The van der Waals surface area contributed by atoms with Crippen LogP contribution in [0.1, 0.15) is 47.8 Å². The molecule has 1 aliphatic rings. The molecule has 2 rings (SSSR count). The summed E-state index contributed by atoms with van der Waals surface area (Å²) >= 11 is 0.976. The number of nitrogens with one attached hydrogen (secondary N) is 1. The lowest BCUT2D eigenvalue weighted by Gasteiger charge is -2.32. The van der Waals surface area contributed by atoms with Crippen LogP contribution in [0.3, 0.4) is 0 Å². The molecule has 1 saturated heterocycles. The number of thioether (sulfide) groups is 1. The highest BCUT2D eigenvalue weighted by Crippen LogP contribution is 2.48. The number of nitrogen functional groups attached to an aromatic ring is 1. The number of hydrogen-bond donors (Lipinski definition) is 4. The normalized spacial score (nSPS) is 25.5. The number of methoxy groups -OCH3 is 1. The van der Waals surface area contributed by atoms with E-state index in [-0.39, 0.29) is 23.3 Å². The first kappa shape index (κ1) is 34.3. The third kappa shape index (κ3) is 8.81. The maximum absolute atomic E-state index is 13.7. The Morgan fingerprint density at radius 2 is 1.95 bits per heavy atom. The Kier molecular flexibility index (Phi) is 11.9. The van der Waals surface area contributed by atoms with Gasteiger partial charge in [0.05, 0.1) is 12.7 Å². The summed E-state index contributed by atoms with van der Waals surface area (Å²) in [7, 11) is -3.22. The fourth-order valence-corrected chi connectivity index (χ4v) is 5.76. The Hall–Kier alpha value is -1.88. The van der Waals surface area contributed by atoms with Gasteiger partial charge < -0.3 is 30.2 Å². The van der Waals surface area contributed by atoms with Crippen molar-refractivity contribution in [1.82, 2.24) is 14.6 Å². The van der Waals surface area contributed by atoms with Crippen LogP contribution in [0.4, 0.5) is 5.82 Å². The number of ether oxygens (including phenoxy) is 3. The number of esters is 1. The van der Waals surface area contributed by atoms with Crippen LogP contribution >= 0.6 is 19.5 Å². The molecule has 228 valence electrons. The second kappa shape index (κ2) is 13.9. The van der Waals surface area contributed by atoms with Gasteiger partial charge in [-0.15, -0.1) is 0 Å². The van der Waals surface area contributed by atoms with E-state index in [0.29, 0.717) is 0 Å². The molecule has 0 radical (unpaired) electrons. The molecule has 1 fully saturated rings. The summed E-state index contributed by atoms with van der Waals surface area (Å²) in [5, 5.41) is 23.8. The van der Waals surface area contributed by atoms with E-state index in [4.69, 9.17) is 29.0 Å². The number of nitrogens with zero attached hydrogens (tertiary/aromatic N) is 2. The van der Waals surface area contributed by atoms with Crippen molar-refractivity contribution in [2.24, 2.45) is 5.41 Å². The molecule has 2 heterocycles. The highest BCUT2D eigenvalue weighted by Gasteiger charge is 2.57. The topological polar surface area (TPSA) is 211 Å². The first-order chi connectivity index (χ1) is 18.4. The molecule has 1 aromatic rings. The second-order valence-electron chi connectivity index (χ2n) is 10.3. The number of aromatic nitrogens is 2. The Morgan fingerprint density at radius 3 is 2.50 bits per heavy atom. The Morgan fingerprint density at radius 1 is 1.30 bits per heavy atom. The molecule has 0 bridgehead atoms. The lowest BCUT2D eigenvalue weighted by Crippen LogP contribution is -2.49.